The van der Waals surface area contributed by atoms with Crippen LogP contribution < -0.4 is 0 Å². The van der Waals surface area contributed by atoms with E-state index in [1.807, 2.05) is 0 Å². The van der Waals surface area contributed by atoms with Gasteiger partial charge in [-0.05, 0) is 12.1 Å². The molecule has 0 bridgehead atoms. The molecule has 0 radical (unpaired) electrons. The molecule has 0 fully saturated rings. The van der Waals surface area contributed by atoms with Crippen LogP contribution in [0.1, 0.15) is 11.5 Å². The van der Waals surface area contributed by atoms with Crippen LogP contribution in [0.25, 0.3) is 10.7 Å². The summed E-state index contributed by atoms with van der Waals surface area (Å²) in [7, 11) is -3.47. The highest BCUT2D eigenvalue weighted by molar-refractivity contribution is 7.92. The van der Waals surface area contributed by atoms with Crippen molar-refractivity contribution in [1.29, 1.82) is 0 Å². The van der Waals surface area contributed by atoms with Crippen molar-refractivity contribution in [3.8, 4) is 10.7 Å². The predicted molar refractivity (Wildman–Crippen MR) is 89.8 cm³/mol. The Morgan fingerprint density at radius 3 is 2.42 bits per heavy atom. The first-order valence-electron chi connectivity index (χ1n) is 6.95. The number of halogens is 4. The third kappa shape index (κ3) is 4.05. The van der Waals surface area contributed by atoms with Crippen LogP contribution in [0.2, 0.25) is 5.02 Å². The summed E-state index contributed by atoms with van der Waals surface area (Å²) in [6, 6.07) is 2.75. The molecule has 0 spiro atoms. The predicted octanol–water partition coefficient (Wildman–Crippen LogP) is 3.53. The monoisotopic (exact) mass is 422 g/mol. The largest absolute Gasteiger partial charge is 0.434 e. The van der Waals surface area contributed by atoms with Crippen LogP contribution >= 0.6 is 22.9 Å². The van der Waals surface area contributed by atoms with Crippen LogP contribution in [-0.4, -0.2) is 34.2 Å². The molecule has 3 heterocycles. The zero-order valence-electron chi connectivity index (χ0n) is 13.0. The fourth-order valence-corrected chi connectivity index (χ4v) is 4.11. The first-order chi connectivity index (χ1) is 12.0. The summed E-state index contributed by atoms with van der Waals surface area (Å²) in [6.45, 7) is -0.0817. The summed E-state index contributed by atoms with van der Waals surface area (Å²) in [4.78, 5) is 11.8. The molecule has 0 saturated heterocycles. The Balaban J connectivity index is 2.06. The Morgan fingerprint density at radius 1 is 1.23 bits per heavy atom. The van der Waals surface area contributed by atoms with E-state index in [9.17, 15) is 21.6 Å². The Kier molecular flexibility index (Phi) is 4.80. The van der Waals surface area contributed by atoms with Crippen molar-refractivity contribution in [3.05, 3.63) is 47.3 Å². The third-order valence-electron chi connectivity index (χ3n) is 3.22. The van der Waals surface area contributed by atoms with Gasteiger partial charge in [0.25, 0.3) is 0 Å². The van der Waals surface area contributed by atoms with Crippen LogP contribution in [0.4, 0.5) is 13.2 Å². The zero-order chi connectivity index (χ0) is 19.1. The molecule has 3 aromatic rings. The lowest BCUT2D eigenvalue weighted by atomic mass is 10.4. The van der Waals surface area contributed by atoms with Gasteiger partial charge in [0.15, 0.2) is 21.4 Å². The Labute approximate surface area is 155 Å². The number of sulfone groups is 1. The highest BCUT2D eigenvalue weighted by atomic mass is 35.5. The van der Waals surface area contributed by atoms with Crippen molar-refractivity contribution in [2.75, 3.05) is 6.26 Å². The van der Waals surface area contributed by atoms with Gasteiger partial charge in [-0.15, -0.1) is 11.3 Å². The molecule has 0 aromatic carbocycles. The molecule has 0 aliphatic carbocycles. The summed E-state index contributed by atoms with van der Waals surface area (Å²) >= 11 is 6.55. The molecule has 12 heteroatoms. The zero-order valence-corrected chi connectivity index (χ0v) is 15.4. The van der Waals surface area contributed by atoms with E-state index < -0.39 is 21.7 Å². The molecule has 0 aliphatic heterocycles. The first-order valence-corrected chi connectivity index (χ1v) is 10.0. The first kappa shape index (κ1) is 18.8. The van der Waals surface area contributed by atoms with Gasteiger partial charge in [-0.1, -0.05) is 11.6 Å². The summed E-state index contributed by atoms with van der Waals surface area (Å²) in [5.41, 5.74) is -1.09. The molecule has 3 aromatic heterocycles. The summed E-state index contributed by atoms with van der Waals surface area (Å²) in [5, 5.41) is 0.298. The van der Waals surface area contributed by atoms with Crippen LogP contribution in [0, 0.1) is 0 Å². The average Bonchev–Trinajstić information content (AvgIpc) is 3.15. The SMILES string of the molecule is CS(=O)(=O)c1ccc(-c2nc(C(F)(F)F)cn2Cc2ncc(Cl)cn2)s1. The summed E-state index contributed by atoms with van der Waals surface area (Å²) in [6.07, 6.45) is -0.112. The van der Waals surface area contributed by atoms with Crippen LogP contribution in [0.3, 0.4) is 0 Å². The minimum absolute atomic E-state index is 0.0178. The smallest absolute Gasteiger partial charge is 0.322 e. The van der Waals surface area contributed by atoms with E-state index in [4.69, 9.17) is 11.6 Å². The molecule has 6 nitrogen and oxygen atoms in total. The van der Waals surface area contributed by atoms with Gasteiger partial charge in [0, 0.05) is 24.8 Å². The van der Waals surface area contributed by atoms with Gasteiger partial charge < -0.3 is 4.57 Å². The maximum absolute atomic E-state index is 13.1. The highest BCUT2D eigenvalue weighted by Gasteiger charge is 2.35. The number of rotatable bonds is 4. The number of nitrogens with zero attached hydrogens (tertiary/aromatic N) is 4. The quantitative estimate of drug-likeness (QED) is 0.642. The van der Waals surface area contributed by atoms with Crippen molar-refractivity contribution in [3.63, 3.8) is 0 Å². The van der Waals surface area contributed by atoms with Crippen molar-refractivity contribution >= 4 is 32.8 Å². The van der Waals surface area contributed by atoms with Gasteiger partial charge in [-0.3, -0.25) is 0 Å². The standard InChI is InChI=1S/C14H10ClF3N4O2S2/c1-26(23,24)12-3-2-9(25-12)13-21-10(14(16,17)18)6-22(13)7-11-19-4-8(15)5-20-11/h2-6H,7H2,1H3. The molecule has 0 saturated carbocycles. The molecule has 0 N–H and O–H groups in total. The van der Waals surface area contributed by atoms with E-state index >= 15 is 0 Å². The maximum atomic E-state index is 13.1. The molecule has 26 heavy (non-hydrogen) atoms. The number of aromatic nitrogens is 4. The third-order valence-corrected chi connectivity index (χ3v) is 6.32. The van der Waals surface area contributed by atoms with Crippen molar-refractivity contribution in [2.24, 2.45) is 0 Å². The lowest BCUT2D eigenvalue weighted by Crippen LogP contribution is -2.06. The second-order valence-corrected chi connectivity index (χ2v) is 9.05. The molecule has 0 amide bonds. The topological polar surface area (TPSA) is 77.7 Å². The van der Waals surface area contributed by atoms with E-state index in [0.29, 0.717) is 5.02 Å². The van der Waals surface area contributed by atoms with Crippen LogP contribution in [0.15, 0.2) is 34.9 Å². The van der Waals surface area contributed by atoms with Crippen molar-refractivity contribution < 1.29 is 21.6 Å². The molecular formula is C14H10ClF3N4O2S2. The summed E-state index contributed by atoms with van der Waals surface area (Å²) < 4.78 is 63.7. The van der Waals surface area contributed by atoms with E-state index in [-0.39, 0.29) is 27.3 Å². The molecule has 138 valence electrons. The van der Waals surface area contributed by atoms with Crippen molar-refractivity contribution in [1.82, 2.24) is 19.5 Å². The lowest BCUT2D eigenvalue weighted by molar-refractivity contribution is -0.140. The number of thiophene rings is 1. The summed E-state index contributed by atoms with van der Waals surface area (Å²) in [5.74, 6) is 0.220. The fraction of sp³-hybridized carbons (Fsp3) is 0.214. The Morgan fingerprint density at radius 2 is 1.88 bits per heavy atom. The minimum atomic E-state index is -4.64. The van der Waals surface area contributed by atoms with Crippen molar-refractivity contribution in [2.45, 2.75) is 16.9 Å². The molecule has 0 aliphatic rings. The van der Waals surface area contributed by atoms with Gasteiger partial charge in [0.2, 0.25) is 0 Å². The van der Waals surface area contributed by atoms with E-state index in [1.165, 1.54) is 29.1 Å². The fourth-order valence-electron chi connectivity index (χ4n) is 2.08. The van der Waals surface area contributed by atoms with Gasteiger partial charge in [0.1, 0.15) is 10.0 Å². The Hall–Kier alpha value is -1.98. The van der Waals surface area contributed by atoms with E-state index in [1.54, 1.807) is 0 Å². The van der Waals surface area contributed by atoms with Gasteiger partial charge >= 0.3 is 6.18 Å². The second kappa shape index (κ2) is 6.63. The highest BCUT2D eigenvalue weighted by Crippen LogP contribution is 2.34. The second-order valence-electron chi connectivity index (χ2n) is 5.28. The lowest BCUT2D eigenvalue weighted by Gasteiger charge is -2.05. The van der Waals surface area contributed by atoms with Gasteiger partial charge in [0.05, 0.1) is 16.4 Å². The van der Waals surface area contributed by atoms with Crippen LogP contribution in [-0.2, 0) is 22.6 Å². The number of hydrogen-bond donors (Lipinski definition) is 0. The number of hydrogen-bond acceptors (Lipinski definition) is 6. The molecule has 0 atom stereocenters. The molecule has 0 unspecified atom stereocenters. The minimum Gasteiger partial charge on any atom is -0.322 e. The van der Waals surface area contributed by atoms with E-state index in [0.717, 1.165) is 23.8 Å². The van der Waals surface area contributed by atoms with Crippen LogP contribution in [0.5, 0.6) is 0 Å². The van der Waals surface area contributed by atoms with Gasteiger partial charge in [-0.2, -0.15) is 13.2 Å². The molecule has 3 rings (SSSR count). The number of alkyl halides is 3. The average molecular weight is 423 g/mol. The maximum Gasteiger partial charge on any atom is 0.434 e. The normalized spacial score (nSPS) is 12.5. The molecular weight excluding hydrogens is 413 g/mol. The Bertz CT molecular complexity index is 1040. The van der Waals surface area contributed by atoms with Gasteiger partial charge in [-0.25, -0.2) is 23.4 Å². The number of imidazole rings is 1. The van der Waals surface area contributed by atoms with E-state index in [2.05, 4.69) is 15.0 Å².